The molecule has 2 rings (SSSR count). The summed E-state index contributed by atoms with van der Waals surface area (Å²) in [5, 5.41) is 17.3. The van der Waals surface area contributed by atoms with Gasteiger partial charge in [-0.1, -0.05) is 30.3 Å². The molecule has 3 N–H and O–H groups in total. The molecular formula is C20H21N5O2. The second kappa shape index (κ2) is 10.4. The highest BCUT2D eigenvalue weighted by Gasteiger charge is 2.13. The van der Waals surface area contributed by atoms with E-state index in [1.165, 1.54) is 6.08 Å². The Morgan fingerprint density at radius 1 is 1.19 bits per heavy atom. The van der Waals surface area contributed by atoms with E-state index in [9.17, 15) is 9.59 Å². The number of anilines is 1. The minimum Gasteiger partial charge on any atom is -0.367 e. The molecule has 1 aromatic heterocycles. The van der Waals surface area contributed by atoms with Crippen LogP contribution in [-0.4, -0.2) is 35.9 Å². The molecule has 2 amide bonds. The third-order valence-electron chi connectivity index (χ3n) is 3.62. The summed E-state index contributed by atoms with van der Waals surface area (Å²) in [6, 6.07) is 14.1. The minimum absolute atomic E-state index is 0.292. The largest absolute Gasteiger partial charge is 0.367 e. The van der Waals surface area contributed by atoms with E-state index >= 15 is 0 Å². The van der Waals surface area contributed by atoms with E-state index in [1.807, 2.05) is 36.4 Å². The number of hydrogen-bond acceptors (Lipinski definition) is 5. The van der Waals surface area contributed by atoms with Crippen molar-refractivity contribution in [3.8, 4) is 6.07 Å². The first-order valence-corrected chi connectivity index (χ1v) is 8.50. The van der Waals surface area contributed by atoms with Gasteiger partial charge in [0.25, 0.3) is 0 Å². The van der Waals surface area contributed by atoms with Gasteiger partial charge in [0.2, 0.25) is 11.8 Å². The number of benzene rings is 1. The SMILES string of the molecule is CC(NC(=O)/C=C/c1ccccc1)C(=O)NCCNc1ncccc1C#N. The van der Waals surface area contributed by atoms with Gasteiger partial charge < -0.3 is 16.0 Å². The molecule has 2 aromatic rings. The van der Waals surface area contributed by atoms with Crippen LogP contribution >= 0.6 is 0 Å². The van der Waals surface area contributed by atoms with Gasteiger partial charge in [0.1, 0.15) is 17.9 Å². The lowest BCUT2D eigenvalue weighted by atomic mass is 10.2. The van der Waals surface area contributed by atoms with E-state index in [-0.39, 0.29) is 11.8 Å². The third kappa shape index (κ3) is 6.63. The maximum atomic E-state index is 12.0. The number of hydrogen-bond donors (Lipinski definition) is 3. The number of amides is 2. The van der Waals surface area contributed by atoms with Gasteiger partial charge >= 0.3 is 0 Å². The molecule has 0 bridgehead atoms. The molecule has 0 radical (unpaired) electrons. The van der Waals surface area contributed by atoms with E-state index in [0.717, 1.165) is 5.56 Å². The van der Waals surface area contributed by atoms with Gasteiger partial charge in [0.15, 0.2) is 0 Å². The molecule has 1 heterocycles. The van der Waals surface area contributed by atoms with E-state index in [4.69, 9.17) is 5.26 Å². The number of aromatic nitrogens is 1. The molecule has 0 aliphatic heterocycles. The Morgan fingerprint density at radius 2 is 1.96 bits per heavy atom. The fourth-order valence-corrected chi connectivity index (χ4v) is 2.22. The van der Waals surface area contributed by atoms with Crippen molar-refractivity contribution < 1.29 is 9.59 Å². The summed E-state index contributed by atoms with van der Waals surface area (Å²) < 4.78 is 0. The summed E-state index contributed by atoms with van der Waals surface area (Å²) in [7, 11) is 0. The Hall–Kier alpha value is -3.66. The molecular weight excluding hydrogens is 342 g/mol. The number of nitrogens with zero attached hydrogens (tertiary/aromatic N) is 2. The quantitative estimate of drug-likeness (QED) is 0.489. The first kappa shape index (κ1) is 19.7. The van der Waals surface area contributed by atoms with Crippen molar-refractivity contribution in [3.05, 3.63) is 65.9 Å². The smallest absolute Gasteiger partial charge is 0.244 e. The predicted octanol–water partition coefficient (Wildman–Crippen LogP) is 1.70. The molecule has 0 aliphatic carbocycles. The van der Waals surface area contributed by atoms with Crippen LogP contribution in [0.2, 0.25) is 0 Å². The topological polar surface area (TPSA) is 107 Å². The maximum absolute atomic E-state index is 12.0. The van der Waals surface area contributed by atoms with Gasteiger partial charge in [-0.15, -0.1) is 0 Å². The van der Waals surface area contributed by atoms with Crippen LogP contribution in [0, 0.1) is 11.3 Å². The highest BCUT2D eigenvalue weighted by atomic mass is 16.2. The van der Waals surface area contributed by atoms with Crippen LogP contribution in [-0.2, 0) is 9.59 Å². The fourth-order valence-electron chi connectivity index (χ4n) is 2.22. The molecule has 0 saturated carbocycles. The predicted molar refractivity (Wildman–Crippen MR) is 104 cm³/mol. The number of carbonyl (C=O) groups is 2. The lowest BCUT2D eigenvalue weighted by molar-refractivity contribution is -0.126. The summed E-state index contributed by atoms with van der Waals surface area (Å²) in [6.07, 6.45) is 4.66. The molecule has 7 nitrogen and oxygen atoms in total. The molecule has 1 aromatic carbocycles. The maximum Gasteiger partial charge on any atom is 0.244 e. The number of carbonyl (C=O) groups excluding carboxylic acids is 2. The molecule has 27 heavy (non-hydrogen) atoms. The van der Waals surface area contributed by atoms with Crippen molar-refractivity contribution in [2.24, 2.45) is 0 Å². The lowest BCUT2D eigenvalue weighted by Gasteiger charge is -2.13. The van der Waals surface area contributed by atoms with Crippen LogP contribution < -0.4 is 16.0 Å². The Labute approximate surface area is 158 Å². The van der Waals surface area contributed by atoms with Gasteiger partial charge in [0, 0.05) is 25.4 Å². The number of nitrogens with one attached hydrogen (secondary N) is 3. The molecule has 0 fully saturated rings. The van der Waals surface area contributed by atoms with Crippen LogP contribution in [0.4, 0.5) is 5.82 Å². The van der Waals surface area contributed by atoms with Crippen molar-refractivity contribution in [2.45, 2.75) is 13.0 Å². The standard InChI is InChI=1S/C20H21N5O2/c1-15(25-18(26)10-9-16-6-3-2-4-7-16)20(27)24-13-12-23-19-17(14-21)8-5-11-22-19/h2-11,15H,12-13H2,1H3,(H,22,23)(H,24,27)(H,25,26)/b10-9+. The second-order valence-corrected chi connectivity index (χ2v) is 5.70. The molecule has 138 valence electrons. The van der Waals surface area contributed by atoms with Crippen molar-refractivity contribution in [1.29, 1.82) is 5.26 Å². The van der Waals surface area contributed by atoms with Crippen molar-refractivity contribution >= 4 is 23.7 Å². The molecule has 0 aliphatic rings. The van der Waals surface area contributed by atoms with E-state index in [1.54, 1.807) is 31.3 Å². The number of nitriles is 1. The van der Waals surface area contributed by atoms with Crippen LogP contribution in [0.1, 0.15) is 18.1 Å². The zero-order valence-corrected chi connectivity index (χ0v) is 15.0. The summed E-state index contributed by atoms with van der Waals surface area (Å²) in [6.45, 7) is 2.36. The van der Waals surface area contributed by atoms with Gasteiger partial charge in [-0.05, 0) is 30.7 Å². The first-order chi connectivity index (χ1) is 13.1. The van der Waals surface area contributed by atoms with Crippen LogP contribution in [0.25, 0.3) is 6.08 Å². The van der Waals surface area contributed by atoms with Crippen molar-refractivity contribution in [3.63, 3.8) is 0 Å². The average Bonchev–Trinajstić information content (AvgIpc) is 2.70. The fraction of sp³-hybridized carbons (Fsp3) is 0.200. The Bertz CT molecular complexity index is 843. The minimum atomic E-state index is -0.664. The lowest BCUT2D eigenvalue weighted by Crippen LogP contribution is -2.45. The number of pyridine rings is 1. The van der Waals surface area contributed by atoms with E-state index < -0.39 is 6.04 Å². The molecule has 1 atom stereocenters. The van der Waals surface area contributed by atoms with E-state index in [2.05, 4.69) is 20.9 Å². The van der Waals surface area contributed by atoms with Gasteiger partial charge in [-0.25, -0.2) is 4.98 Å². The van der Waals surface area contributed by atoms with Gasteiger partial charge in [0.05, 0.1) is 5.56 Å². The normalized spacial score (nSPS) is 11.4. The Kier molecular flexibility index (Phi) is 7.54. The van der Waals surface area contributed by atoms with Gasteiger partial charge in [-0.2, -0.15) is 5.26 Å². The molecule has 7 heteroatoms. The number of rotatable bonds is 8. The van der Waals surface area contributed by atoms with Gasteiger partial charge in [-0.3, -0.25) is 9.59 Å². The van der Waals surface area contributed by atoms with Crippen LogP contribution in [0.15, 0.2) is 54.7 Å². The monoisotopic (exact) mass is 363 g/mol. The Balaban J connectivity index is 1.71. The summed E-state index contributed by atoms with van der Waals surface area (Å²) in [5.41, 5.74) is 1.34. The first-order valence-electron chi connectivity index (χ1n) is 8.50. The van der Waals surface area contributed by atoms with Crippen molar-refractivity contribution in [1.82, 2.24) is 15.6 Å². The highest BCUT2D eigenvalue weighted by molar-refractivity contribution is 5.95. The third-order valence-corrected chi connectivity index (χ3v) is 3.62. The average molecular weight is 363 g/mol. The van der Waals surface area contributed by atoms with E-state index in [0.29, 0.717) is 24.5 Å². The second-order valence-electron chi connectivity index (χ2n) is 5.70. The molecule has 0 spiro atoms. The molecule has 1 unspecified atom stereocenters. The Morgan fingerprint density at radius 3 is 2.70 bits per heavy atom. The zero-order chi connectivity index (χ0) is 19.5. The van der Waals surface area contributed by atoms with Crippen molar-refractivity contribution in [2.75, 3.05) is 18.4 Å². The zero-order valence-electron chi connectivity index (χ0n) is 15.0. The summed E-state index contributed by atoms with van der Waals surface area (Å²) in [5.74, 6) is -0.159. The van der Waals surface area contributed by atoms with Crippen LogP contribution in [0.3, 0.4) is 0 Å². The summed E-state index contributed by atoms with van der Waals surface area (Å²) in [4.78, 5) is 28.0. The molecule has 0 saturated heterocycles. The van der Waals surface area contributed by atoms with Crippen LogP contribution in [0.5, 0.6) is 0 Å². The summed E-state index contributed by atoms with van der Waals surface area (Å²) >= 11 is 0. The highest BCUT2D eigenvalue weighted by Crippen LogP contribution is 2.08.